The van der Waals surface area contributed by atoms with Gasteiger partial charge in [-0.3, -0.25) is 14.5 Å². The van der Waals surface area contributed by atoms with Gasteiger partial charge >= 0.3 is 0 Å². The van der Waals surface area contributed by atoms with E-state index in [1.54, 1.807) is 25.3 Å². The van der Waals surface area contributed by atoms with E-state index in [1.165, 1.54) is 0 Å². The molecule has 0 aromatic heterocycles. The third-order valence-electron chi connectivity index (χ3n) is 5.84. The van der Waals surface area contributed by atoms with E-state index in [0.29, 0.717) is 23.0 Å². The number of likely N-dealkylation sites (tertiary alicyclic amines) is 1. The van der Waals surface area contributed by atoms with Gasteiger partial charge in [-0.1, -0.05) is 11.6 Å². The van der Waals surface area contributed by atoms with Crippen LogP contribution < -0.4 is 15.4 Å². The minimum Gasteiger partial charge on any atom is -0.495 e. The van der Waals surface area contributed by atoms with Gasteiger partial charge < -0.3 is 15.4 Å². The fourth-order valence-electron chi connectivity index (χ4n) is 4.47. The van der Waals surface area contributed by atoms with E-state index in [-0.39, 0.29) is 28.7 Å². The number of methoxy groups -OCH3 is 1. The highest BCUT2D eigenvalue weighted by molar-refractivity contribution is 6.32. The van der Waals surface area contributed by atoms with Crippen LogP contribution in [0.2, 0.25) is 5.02 Å². The number of benzene rings is 1. The summed E-state index contributed by atoms with van der Waals surface area (Å²) in [5, 5.41) is 6.53. The molecule has 1 spiro atoms. The van der Waals surface area contributed by atoms with Gasteiger partial charge in [0.05, 0.1) is 18.7 Å². The number of rotatable bonds is 5. The van der Waals surface area contributed by atoms with Crippen molar-refractivity contribution < 1.29 is 14.3 Å². The van der Waals surface area contributed by atoms with Crippen molar-refractivity contribution in [2.75, 3.05) is 32.1 Å². The number of hydrogen-bond acceptors (Lipinski definition) is 4. The van der Waals surface area contributed by atoms with E-state index in [4.69, 9.17) is 16.3 Å². The Kier molecular flexibility index (Phi) is 6.44. The number of halogens is 1. The fraction of sp³-hybridized carbons (Fsp3) is 0.636. The summed E-state index contributed by atoms with van der Waals surface area (Å²) in [7, 11) is 1.56. The first-order valence-electron chi connectivity index (χ1n) is 10.3. The van der Waals surface area contributed by atoms with Crippen LogP contribution in [0.3, 0.4) is 0 Å². The van der Waals surface area contributed by atoms with E-state index in [0.717, 1.165) is 38.8 Å². The SMILES string of the molecule is COc1cc(NC(=O)C2CCC3(CC2)CN(CC(=O)NC(C)(C)C)C3)ccc1Cl. The average molecular weight is 422 g/mol. The first-order chi connectivity index (χ1) is 13.6. The lowest BCUT2D eigenvalue weighted by atomic mass is 9.65. The molecule has 1 aromatic rings. The van der Waals surface area contributed by atoms with Crippen molar-refractivity contribution in [1.82, 2.24) is 10.2 Å². The van der Waals surface area contributed by atoms with Crippen LogP contribution >= 0.6 is 11.6 Å². The molecule has 2 aliphatic rings. The normalized spacial score (nSPS) is 19.5. The molecular weight excluding hydrogens is 390 g/mol. The summed E-state index contributed by atoms with van der Waals surface area (Å²) in [6.07, 6.45) is 3.84. The molecule has 0 bridgehead atoms. The molecule has 0 atom stereocenters. The predicted molar refractivity (Wildman–Crippen MR) is 115 cm³/mol. The molecule has 1 saturated heterocycles. The van der Waals surface area contributed by atoms with Gasteiger partial charge in [0, 0.05) is 36.3 Å². The highest BCUT2D eigenvalue weighted by Crippen LogP contribution is 2.45. The zero-order valence-corrected chi connectivity index (χ0v) is 18.6. The smallest absolute Gasteiger partial charge is 0.234 e. The number of carbonyl (C=O) groups is 2. The van der Waals surface area contributed by atoms with Crippen LogP contribution in [0.15, 0.2) is 18.2 Å². The fourth-order valence-corrected chi connectivity index (χ4v) is 4.66. The highest BCUT2D eigenvalue weighted by Gasteiger charge is 2.46. The molecule has 1 aliphatic heterocycles. The van der Waals surface area contributed by atoms with E-state index in [9.17, 15) is 9.59 Å². The van der Waals surface area contributed by atoms with Gasteiger partial charge in [-0.2, -0.15) is 0 Å². The molecule has 1 saturated carbocycles. The molecule has 1 aliphatic carbocycles. The molecule has 2 N–H and O–H groups in total. The molecule has 6 nitrogen and oxygen atoms in total. The lowest BCUT2D eigenvalue weighted by Gasteiger charge is -2.53. The second-order valence-electron chi connectivity index (χ2n) is 9.56. The van der Waals surface area contributed by atoms with Crippen LogP contribution in [0.5, 0.6) is 5.75 Å². The second kappa shape index (κ2) is 8.52. The van der Waals surface area contributed by atoms with E-state index < -0.39 is 0 Å². The molecule has 2 amide bonds. The summed E-state index contributed by atoms with van der Waals surface area (Å²) >= 11 is 6.04. The van der Waals surface area contributed by atoms with Gasteiger partial charge in [0.2, 0.25) is 11.8 Å². The number of ether oxygens (including phenoxy) is 1. The Hall–Kier alpha value is -1.79. The molecule has 3 rings (SSSR count). The van der Waals surface area contributed by atoms with Gasteiger partial charge in [0.1, 0.15) is 5.75 Å². The number of nitrogens with one attached hydrogen (secondary N) is 2. The van der Waals surface area contributed by atoms with Crippen molar-refractivity contribution >= 4 is 29.1 Å². The summed E-state index contributed by atoms with van der Waals surface area (Å²) < 4.78 is 5.21. The molecule has 29 heavy (non-hydrogen) atoms. The first kappa shape index (κ1) is 21.9. The van der Waals surface area contributed by atoms with Gasteiger partial charge in [-0.05, 0) is 64.0 Å². The van der Waals surface area contributed by atoms with E-state index in [1.807, 2.05) is 20.8 Å². The Morgan fingerprint density at radius 3 is 2.48 bits per heavy atom. The Bertz CT molecular complexity index is 759. The third kappa shape index (κ3) is 5.64. The van der Waals surface area contributed by atoms with Crippen LogP contribution in [0.1, 0.15) is 46.5 Å². The average Bonchev–Trinajstić information content (AvgIpc) is 2.61. The van der Waals surface area contributed by atoms with Crippen molar-refractivity contribution in [2.45, 2.75) is 52.0 Å². The van der Waals surface area contributed by atoms with Gasteiger partial charge in [0.25, 0.3) is 0 Å². The molecule has 7 heteroatoms. The van der Waals surface area contributed by atoms with Crippen molar-refractivity contribution in [3.05, 3.63) is 23.2 Å². The molecule has 1 heterocycles. The zero-order valence-electron chi connectivity index (χ0n) is 17.8. The van der Waals surface area contributed by atoms with Crippen LogP contribution in [0.4, 0.5) is 5.69 Å². The number of anilines is 1. The molecule has 0 radical (unpaired) electrons. The molecule has 1 aromatic carbocycles. The number of amides is 2. The Morgan fingerprint density at radius 1 is 1.24 bits per heavy atom. The van der Waals surface area contributed by atoms with Crippen LogP contribution in [-0.2, 0) is 9.59 Å². The minimum absolute atomic E-state index is 0.0283. The highest BCUT2D eigenvalue weighted by atomic mass is 35.5. The quantitative estimate of drug-likeness (QED) is 0.760. The minimum atomic E-state index is -0.195. The van der Waals surface area contributed by atoms with Crippen molar-refractivity contribution in [2.24, 2.45) is 11.3 Å². The lowest BCUT2D eigenvalue weighted by molar-refractivity contribution is -0.129. The van der Waals surface area contributed by atoms with Gasteiger partial charge in [-0.15, -0.1) is 0 Å². The van der Waals surface area contributed by atoms with Crippen LogP contribution in [-0.4, -0.2) is 49.0 Å². The topological polar surface area (TPSA) is 70.7 Å². The Morgan fingerprint density at radius 2 is 1.90 bits per heavy atom. The summed E-state index contributed by atoms with van der Waals surface area (Å²) in [6.45, 7) is 8.35. The van der Waals surface area contributed by atoms with E-state index in [2.05, 4.69) is 15.5 Å². The zero-order chi connectivity index (χ0) is 21.2. The standard InChI is InChI=1S/C22H32ClN3O3/c1-21(2,3)25-19(27)12-26-13-22(14-26)9-7-15(8-10-22)20(28)24-16-5-6-17(23)18(11-16)29-4/h5-6,11,15H,7-10,12-14H2,1-4H3,(H,24,28)(H,25,27). The number of nitrogens with zero attached hydrogens (tertiary/aromatic N) is 1. The lowest BCUT2D eigenvalue weighted by Crippen LogP contribution is -2.60. The molecule has 160 valence electrons. The van der Waals surface area contributed by atoms with Crippen molar-refractivity contribution in [3.8, 4) is 5.75 Å². The van der Waals surface area contributed by atoms with Crippen molar-refractivity contribution in [3.63, 3.8) is 0 Å². The number of carbonyl (C=O) groups excluding carboxylic acids is 2. The summed E-state index contributed by atoms with van der Waals surface area (Å²) in [5.74, 6) is 0.724. The summed E-state index contributed by atoms with van der Waals surface area (Å²) in [5.41, 5.74) is 0.790. The van der Waals surface area contributed by atoms with Gasteiger partial charge in [-0.25, -0.2) is 0 Å². The maximum absolute atomic E-state index is 12.7. The van der Waals surface area contributed by atoms with Crippen LogP contribution in [0.25, 0.3) is 0 Å². The molecule has 2 fully saturated rings. The summed E-state index contributed by atoms with van der Waals surface area (Å²) in [6, 6.07) is 5.27. The predicted octanol–water partition coefficient (Wildman–Crippen LogP) is 3.69. The maximum atomic E-state index is 12.7. The van der Waals surface area contributed by atoms with E-state index >= 15 is 0 Å². The maximum Gasteiger partial charge on any atom is 0.234 e. The Balaban J connectivity index is 1.44. The summed E-state index contributed by atoms with van der Waals surface area (Å²) in [4.78, 5) is 27.0. The number of hydrogen-bond donors (Lipinski definition) is 2. The second-order valence-corrected chi connectivity index (χ2v) is 9.96. The third-order valence-corrected chi connectivity index (χ3v) is 6.15. The van der Waals surface area contributed by atoms with Crippen molar-refractivity contribution in [1.29, 1.82) is 0 Å². The first-order valence-corrected chi connectivity index (χ1v) is 10.6. The van der Waals surface area contributed by atoms with Crippen LogP contribution in [0, 0.1) is 11.3 Å². The van der Waals surface area contributed by atoms with Gasteiger partial charge in [0.15, 0.2) is 0 Å². The largest absolute Gasteiger partial charge is 0.495 e. The molecule has 0 unspecified atom stereocenters. The Labute approximate surface area is 178 Å². The monoisotopic (exact) mass is 421 g/mol. The molecular formula is C22H32ClN3O3.